The summed E-state index contributed by atoms with van der Waals surface area (Å²) in [6.45, 7) is 1.53. The minimum atomic E-state index is -0.672. The third-order valence-electron chi connectivity index (χ3n) is 4.29. The molecule has 1 heterocycles. The molecule has 3 rings (SSSR count). The number of aromatic nitrogens is 1. The smallest absolute Gasteiger partial charge is 0.358 e. The number of methoxy groups -OCH3 is 3. The van der Waals surface area contributed by atoms with E-state index in [2.05, 4.69) is 10.3 Å². The Balaban J connectivity index is 1.61. The second-order valence-corrected chi connectivity index (χ2v) is 7.30. The van der Waals surface area contributed by atoms with E-state index >= 15 is 0 Å². The average Bonchev–Trinajstić information content (AvgIpc) is 3.27. The number of carbonyl (C=O) groups is 2. The van der Waals surface area contributed by atoms with E-state index < -0.39 is 18.5 Å². The van der Waals surface area contributed by atoms with Crippen LogP contribution in [0.3, 0.4) is 0 Å². The SMILES string of the molecule is COc1cc(NC(=O)COC(=O)c2csc(-c3ccc(C)cc3)n2)cc(OC)c1OC. The number of aryl methyl sites for hydroxylation is 1. The van der Waals surface area contributed by atoms with E-state index in [1.54, 1.807) is 17.5 Å². The number of esters is 1. The van der Waals surface area contributed by atoms with Crippen LogP contribution in [-0.2, 0) is 9.53 Å². The highest BCUT2D eigenvalue weighted by Gasteiger charge is 2.17. The van der Waals surface area contributed by atoms with Gasteiger partial charge in [-0.05, 0) is 6.92 Å². The van der Waals surface area contributed by atoms with Gasteiger partial charge in [0.1, 0.15) is 5.01 Å². The monoisotopic (exact) mass is 442 g/mol. The van der Waals surface area contributed by atoms with Crippen LogP contribution in [0, 0.1) is 6.92 Å². The summed E-state index contributed by atoms with van der Waals surface area (Å²) in [5.41, 5.74) is 2.61. The molecule has 0 aliphatic rings. The summed E-state index contributed by atoms with van der Waals surface area (Å²) in [5.74, 6) is -0.00545. The second kappa shape index (κ2) is 9.94. The van der Waals surface area contributed by atoms with Crippen LogP contribution in [0.5, 0.6) is 17.2 Å². The molecule has 31 heavy (non-hydrogen) atoms. The van der Waals surface area contributed by atoms with Crippen molar-refractivity contribution >= 4 is 28.9 Å². The normalized spacial score (nSPS) is 10.3. The molecular formula is C22H22N2O6S. The lowest BCUT2D eigenvalue weighted by atomic mass is 10.2. The molecule has 3 aromatic rings. The molecule has 1 N–H and O–H groups in total. The Morgan fingerprint density at radius 1 is 1.00 bits per heavy atom. The number of hydrogen-bond acceptors (Lipinski definition) is 8. The van der Waals surface area contributed by atoms with E-state index in [0.29, 0.717) is 27.9 Å². The first-order chi connectivity index (χ1) is 14.9. The number of benzene rings is 2. The van der Waals surface area contributed by atoms with Crippen LogP contribution in [0.1, 0.15) is 16.1 Å². The number of amides is 1. The zero-order valence-corrected chi connectivity index (χ0v) is 18.4. The lowest BCUT2D eigenvalue weighted by Crippen LogP contribution is -2.21. The maximum absolute atomic E-state index is 12.3. The van der Waals surface area contributed by atoms with Crippen LogP contribution in [0.2, 0.25) is 0 Å². The van der Waals surface area contributed by atoms with Gasteiger partial charge in [-0.25, -0.2) is 9.78 Å². The van der Waals surface area contributed by atoms with Gasteiger partial charge in [-0.15, -0.1) is 11.3 Å². The molecule has 0 spiro atoms. The summed E-state index contributed by atoms with van der Waals surface area (Å²) in [6, 6.07) is 11.0. The molecule has 0 bridgehead atoms. The fourth-order valence-electron chi connectivity index (χ4n) is 2.75. The van der Waals surface area contributed by atoms with Crippen LogP contribution >= 0.6 is 11.3 Å². The molecule has 1 amide bonds. The first kappa shape index (κ1) is 22.1. The molecule has 162 valence electrons. The lowest BCUT2D eigenvalue weighted by Gasteiger charge is -2.14. The molecule has 0 radical (unpaired) electrons. The van der Waals surface area contributed by atoms with Gasteiger partial charge in [-0.3, -0.25) is 4.79 Å². The first-order valence-electron chi connectivity index (χ1n) is 9.24. The molecule has 9 heteroatoms. The van der Waals surface area contributed by atoms with Gasteiger partial charge in [0, 0.05) is 28.8 Å². The molecule has 0 aliphatic carbocycles. The number of ether oxygens (including phenoxy) is 4. The van der Waals surface area contributed by atoms with Gasteiger partial charge in [0.15, 0.2) is 23.8 Å². The lowest BCUT2D eigenvalue weighted by molar-refractivity contribution is -0.119. The number of rotatable bonds is 8. The number of nitrogens with zero attached hydrogens (tertiary/aromatic N) is 1. The van der Waals surface area contributed by atoms with Crippen molar-refractivity contribution in [2.45, 2.75) is 6.92 Å². The van der Waals surface area contributed by atoms with Gasteiger partial charge in [0.05, 0.1) is 21.3 Å². The van der Waals surface area contributed by atoms with E-state index in [4.69, 9.17) is 18.9 Å². The average molecular weight is 442 g/mol. The van der Waals surface area contributed by atoms with Gasteiger partial charge in [-0.2, -0.15) is 0 Å². The fraction of sp³-hybridized carbons (Fsp3) is 0.227. The van der Waals surface area contributed by atoms with Crippen molar-refractivity contribution in [3.8, 4) is 27.8 Å². The summed E-state index contributed by atoms with van der Waals surface area (Å²) in [5, 5.41) is 4.94. The molecule has 8 nitrogen and oxygen atoms in total. The van der Waals surface area contributed by atoms with Crippen molar-refractivity contribution in [2.24, 2.45) is 0 Å². The van der Waals surface area contributed by atoms with Crippen LogP contribution in [0.4, 0.5) is 5.69 Å². The van der Waals surface area contributed by atoms with Crippen molar-refractivity contribution in [2.75, 3.05) is 33.3 Å². The Hall–Kier alpha value is -3.59. The van der Waals surface area contributed by atoms with E-state index in [0.717, 1.165) is 11.1 Å². The molecular weight excluding hydrogens is 420 g/mol. The fourth-order valence-corrected chi connectivity index (χ4v) is 3.55. The quantitative estimate of drug-likeness (QED) is 0.528. The number of thiazole rings is 1. The molecule has 0 unspecified atom stereocenters. The molecule has 0 atom stereocenters. The van der Waals surface area contributed by atoms with Gasteiger partial charge in [0.25, 0.3) is 5.91 Å². The number of nitrogens with one attached hydrogen (secondary N) is 1. The third kappa shape index (κ3) is 5.32. The number of anilines is 1. The number of hydrogen-bond donors (Lipinski definition) is 1. The minimum absolute atomic E-state index is 0.154. The van der Waals surface area contributed by atoms with Gasteiger partial charge >= 0.3 is 5.97 Å². The van der Waals surface area contributed by atoms with Crippen molar-refractivity contribution < 1.29 is 28.5 Å². The Bertz CT molecular complexity index is 1050. The second-order valence-electron chi connectivity index (χ2n) is 6.44. The Kier molecular flexibility index (Phi) is 7.09. The van der Waals surface area contributed by atoms with E-state index in [-0.39, 0.29) is 5.69 Å². The van der Waals surface area contributed by atoms with Crippen LogP contribution in [-0.4, -0.2) is 44.8 Å². The van der Waals surface area contributed by atoms with Crippen molar-refractivity contribution in [1.29, 1.82) is 0 Å². The summed E-state index contributed by atoms with van der Waals surface area (Å²) in [6.07, 6.45) is 0. The maximum Gasteiger partial charge on any atom is 0.358 e. The predicted molar refractivity (Wildman–Crippen MR) is 117 cm³/mol. The molecule has 0 saturated carbocycles. The Morgan fingerprint density at radius 3 is 2.23 bits per heavy atom. The highest BCUT2D eigenvalue weighted by atomic mass is 32.1. The van der Waals surface area contributed by atoms with E-state index in [1.165, 1.54) is 32.7 Å². The minimum Gasteiger partial charge on any atom is -0.493 e. The molecule has 1 aromatic heterocycles. The highest BCUT2D eigenvalue weighted by molar-refractivity contribution is 7.13. The first-order valence-corrected chi connectivity index (χ1v) is 10.1. The van der Waals surface area contributed by atoms with E-state index in [9.17, 15) is 9.59 Å². The summed E-state index contributed by atoms with van der Waals surface area (Å²) in [4.78, 5) is 28.8. The van der Waals surface area contributed by atoms with Crippen LogP contribution in [0.15, 0.2) is 41.8 Å². The molecule has 0 fully saturated rings. The highest BCUT2D eigenvalue weighted by Crippen LogP contribution is 2.39. The maximum atomic E-state index is 12.3. The zero-order valence-electron chi connectivity index (χ0n) is 17.6. The zero-order chi connectivity index (χ0) is 22.4. The van der Waals surface area contributed by atoms with Crippen molar-refractivity contribution in [1.82, 2.24) is 4.98 Å². The molecule has 0 saturated heterocycles. The number of carbonyl (C=O) groups excluding carboxylic acids is 2. The van der Waals surface area contributed by atoms with Crippen LogP contribution in [0.25, 0.3) is 10.6 Å². The Labute approximate surface area is 183 Å². The third-order valence-corrected chi connectivity index (χ3v) is 5.19. The van der Waals surface area contributed by atoms with Gasteiger partial charge in [0.2, 0.25) is 5.75 Å². The Morgan fingerprint density at radius 2 is 1.65 bits per heavy atom. The van der Waals surface area contributed by atoms with Gasteiger partial charge < -0.3 is 24.3 Å². The predicted octanol–water partition coefficient (Wildman–Crippen LogP) is 3.94. The standard InChI is InChI=1S/C22H22N2O6S/c1-13-5-7-14(8-6-13)21-24-16(12-31-21)22(26)30-11-19(25)23-15-9-17(27-2)20(29-4)18(10-15)28-3/h5-10,12H,11H2,1-4H3,(H,23,25). The van der Waals surface area contributed by atoms with E-state index in [1.807, 2.05) is 31.2 Å². The largest absolute Gasteiger partial charge is 0.493 e. The summed E-state index contributed by atoms with van der Waals surface area (Å²) >= 11 is 1.33. The summed E-state index contributed by atoms with van der Waals surface area (Å²) < 4.78 is 20.8. The van der Waals surface area contributed by atoms with Crippen molar-refractivity contribution in [3.63, 3.8) is 0 Å². The van der Waals surface area contributed by atoms with Crippen LogP contribution < -0.4 is 19.5 Å². The topological polar surface area (TPSA) is 96.0 Å². The van der Waals surface area contributed by atoms with Crippen molar-refractivity contribution in [3.05, 3.63) is 53.0 Å². The molecule has 0 aliphatic heterocycles. The van der Waals surface area contributed by atoms with Gasteiger partial charge in [-0.1, -0.05) is 29.8 Å². The molecule has 2 aromatic carbocycles. The summed E-state index contributed by atoms with van der Waals surface area (Å²) in [7, 11) is 4.44.